The third kappa shape index (κ3) is 4.59. The van der Waals surface area contributed by atoms with Gasteiger partial charge in [-0.15, -0.1) is 0 Å². The lowest BCUT2D eigenvalue weighted by Gasteiger charge is -2.26. The van der Waals surface area contributed by atoms with Crippen molar-refractivity contribution in [2.24, 2.45) is 0 Å². The minimum Gasteiger partial charge on any atom is -0.487 e. The number of halogens is 1. The van der Waals surface area contributed by atoms with Crippen molar-refractivity contribution < 1.29 is 19.1 Å². The second-order valence-corrected chi connectivity index (χ2v) is 8.82. The zero-order valence-corrected chi connectivity index (χ0v) is 20.1. The second-order valence-electron chi connectivity index (χ2n) is 8.41. The Hall–Kier alpha value is -4.42. The van der Waals surface area contributed by atoms with Crippen LogP contribution in [-0.2, 0) is 16.2 Å². The van der Waals surface area contributed by atoms with E-state index < -0.39 is 17.8 Å². The van der Waals surface area contributed by atoms with Crippen molar-refractivity contribution in [2.45, 2.75) is 13.5 Å². The largest absolute Gasteiger partial charge is 0.487 e. The van der Waals surface area contributed by atoms with Crippen LogP contribution in [0.25, 0.3) is 16.8 Å². The summed E-state index contributed by atoms with van der Waals surface area (Å²) >= 11 is 6.47. The summed E-state index contributed by atoms with van der Waals surface area (Å²) in [5.74, 6) is -0.995. The van der Waals surface area contributed by atoms with Crippen LogP contribution in [0.2, 0.25) is 5.02 Å². The Balaban J connectivity index is 1.38. The number of aryl methyl sites for hydroxylation is 1. The quantitative estimate of drug-likeness (QED) is 0.270. The van der Waals surface area contributed by atoms with Crippen LogP contribution in [0.3, 0.4) is 0 Å². The topological polar surface area (TPSA) is 75.7 Å². The Morgan fingerprint density at radius 1 is 0.917 bits per heavy atom. The Morgan fingerprint density at radius 2 is 1.69 bits per heavy atom. The third-order valence-electron chi connectivity index (χ3n) is 5.89. The van der Waals surface area contributed by atoms with Gasteiger partial charge >= 0.3 is 6.03 Å². The summed E-state index contributed by atoms with van der Waals surface area (Å²) in [7, 11) is 0. The molecule has 1 heterocycles. The molecule has 0 aliphatic carbocycles. The number of benzene rings is 4. The molecule has 4 aromatic rings. The van der Waals surface area contributed by atoms with Crippen molar-refractivity contribution in [1.29, 1.82) is 0 Å². The fourth-order valence-corrected chi connectivity index (χ4v) is 4.37. The number of carbonyl (C=O) groups excluding carboxylic acids is 3. The van der Waals surface area contributed by atoms with Gasteiger partial charge in [0.2, 0.25) is 0 Å². The maximum absolute atomic E-state index is 13.1. The molecule has 0 radical (unpaired) electrons. The van der Waals surface area contributed by atoms with Crippen LogP contribution < -0.4 is 15.0 Å². The number of ether oxygens (including phenoxy) is 1. The molecule has 5 rings (SSSR count). The lowest BCUT2D eigenvalue weighted by atomic mass is 10.1. The number of fused-ring (bicyclic) bond motifs is 1. The van der Waals surface area contributed by atoms with Crippen LogP contribution in [0.4, 0.5) is 10.5 Å². The Labute approximate surface area is 212 Å². The minimum absolute atomic E-state index is 0.170. The number of nitrogens with one attached hydrogen (secondary N) is 1. The van der Waals surface area contributed by atoms with Gasteiger partial charge in [0.1, 0.15) is 17.9 Å². The SMILES string of the molecule is Cc1cccc(N2C(=O)NC(=O)/C(=C\c3ccc(OCc4cccc5ccccc45)c(Cl)c3)C2=O)c1. The van der Waals surface area contributed by atoms with Crippen LogP contribution in [-0.4, -0.2) is 17.8 Å². The van der Waals surface area contributed by atoms with Gasteiger partial charge in [0.05, 0.1) is 10.7 Å². The average molecular weight is 497 g/mol. The highest BCUT2D eigenvalue weighted by molar-refractivity contribution is 6.39. The molecule has 0 spiro atoms. The van der Waals surface area contributed by atoms with E-state index >= 15 is 0 Å². The molecule has 1 aliphatic rings. The first-order chi connectivity index (χ1) is 17.4. The molecule has 0 saturated carbocycles. The van der Waals surface area contributed by atoms with Gasteiger partial charge < -0.3 is 4.74 Å². The van der Waals surface area contributed by atoms with Crippen LogP contribution in [0, 0.1) is 6.92 Å². The second kappa shape index (κ2) is 9.68. The number of anilines is 1. The predicted octanol–water partition coefficient (Wildman–Crippen LogP) is 6.05. The van der Waals surface area contributed by atoms with Crippen molar-refractivity contribution in [1.82, 2.24) is 5.32 Å². The molecule has 0 aromatic heterocycles. The molecule has 1 fully saturated rings. The fourth-order valence-electron chi connectivity index (χ4n) is 4.12. The van der Waals surface area contributed by atoms with Crippen molar-refractivity contribution >= 4 is 52.0 Å². The monoisotopic (exact) mass is 496 g/mol. The molecule has 1 saturated heterocycles. The molecular weight excluding hydrogens is 476 g/mol. The number of barbiturate groups is 1. The van der Waals surface area contributed by atoms with E-state index in [0.717, 1.165) is 26.8 Å². The number of urea groups is 1. The van der Waals surface area contributed by atoms with Crippen LogP contribution in [0.1, 0.15) is 16.7 Å². The van der Waals surface area contributed by atoms with Crippen LogP contribution in [0.5, 0.6) is 5.75 Å². The van der Waals surface area contributed by atoms with E-state index in [1.165, 1.54) is 6.08 Å². The number of imide groups is 2. The standard InChI is InChI=1S/C29H21ClN2O4/c1-18-6-4-10-22(14-18)32-28(34)24(27(33)31-29(32)35)15-19-12-13-26(25(30)16-19)36-17-21-9-5-8-20-7-2-3-11-23(20)21/h2-16H,17H2,1H3,(H,31,33,35)/b24-15+. The molecular formula is C29H21ClN2O4. The molecule has 7 heteroatoms. The maximum atomic E-state index is 13.1. The van der Waals surface area contributed by atoms with Gasteiger partial charge in [-0.2, -0.15) is 0 Å². The molecule has 0 atom stereocenters. The van der Waals surface area contributed by atoms with Gasteiger partial charge in [-0.25, -0.2) is 9.69 Å². The predicted molar refractivity (Wildman–Crippen MR) is 140 cm³/mol. The third-order valence-corrected chi connectivity index (χ3v) is 6.19. The van der Waals surface area contributed by atoms with E-state index in [2.05, 4.69) is 5.32 Å². The zero-order valence-electron chi connectivity index (χ0n) is 19.3. The van der Waals surface area contributed by atoms with Gasteiger partial charge in [0.15, 0.2) is 0 Å². The van der Waals surface area contributed by atoms with Crippen molar-refractivity contribution in [2.75, 3.05) is 4.90 Å². The van der Waals surface area contributed by atoms with Crippen molar-refractivity contribution in [3.05, 3.63) is 112 Å². The minimum atomic E-state index is -0.789. The van der Waals surface area contributed by atoms with Gasteiger partial charge in [-0.1, -0.05) is 72.3 Å². The summed E-state index contributed by atoms with van der Waals surface area (Å²) < 4.78 is 5.97. The van der Waals surface area contributed by atoms with E-state index in [0.29, 0.717) is 28.6 Å². The molecule has 36 heavy (non-hydrogen) atoms. The molecule has 1 aliphatic heterocycles. The van der Waals surface area contributed by atoms with Crippen LogP contribution >= 0.6 is 11.6 Å². The van der Waals surface area contributed by atoms with Crippen molar-refractivity contribution in [3.63, 3.8) is 0 Å². The Morgan fingerprint density at radius 3 is 2.50 bits per heavy atom. The number of hydrogen-bond acceptors (Lipinski definition) is 4. The molecule has 1 N–H and O–H groups in total. The highest BCUT2D eigenvalue weighted by atomic mass is 35.5. The smallest absolute Gasteiger partial charge is 0.335 e. The fraction of sp³-hybridized carbons (Fsp3) is 0.0690. The van der Waals surface area contributed by atoms with E-state index in [1.807, 2.05) is 55.5 Å². The summed E-state index contributed by atoms with van der Waals surface area (Å²) in [4.78, 5) is 38.9. The molecule has 6 nitrogen and oxygen atoms in total. The molecule has 4 amide bonds. The first-order valence-electron chi connectivity index (χ1n) is 11.3. The molecule has 4 aromatic carbocycles. The van der Waals surface area contributed by atoms with E-state index in [-0.39, 0.29) is 5.57 Å². The van der Waals surface area contributed by atoms with Gasteiger partial charge in [0, 0.05) is 0 Å². The zero-order chi connectivity index (χ0) is 25.2. The first-order valence-corrected chi connectivity index (χ1v) is 11.7. The summed E-state index contributed by atoms with van der Waals surface area (Å²) in [6.07, 6.45) is 1.41. The number of nitrogens with zero attached hydrogens (tertiary/aromatic N) is 1. The van der Waals surface area contributed by atoms with E-state index in [1.54, 1.807) is 36.4 Å². The Bertz CT molecular complexity index is 1550. The van der Waals surface area contributed by atoms with E-state index in [4.69, 9.17) is 16.3 Å². The molecule has 0 bridgehead atoms. The number of amides is 4. The molecule has 178 valence electrons. The lowest BCUT2D eigenvalue weighted by Crippen LogP contribution is -2.54. The number of hydrogen-bond donors (Lipinski definition) is 1. The summed E-state index contributed by atoms with van der Waals surface area (Å²) in [6, 6.07) is 25.2. The maximum Gasteiger partial charge on any atom is 0.335 e. The Kier molecular flexibility index (Phi) is 6.27. The van der Waals surface area contributed by atoms with E-state index in [9.17, 15) is 14.4 Å². The highest BCUT2D eigenvalue weighted by Crippen LogP contribution is 2.29. The van der Waals surface area contributed by atoms with Gasteiger partial charge in [0.25, 0.3) is 11.8 Å². The normalized spacial score (nSPS) is 14.9. The van der Waals surface area contributed by atoms with Gasteiger partial charge in [-0.3, -0.25) is 14.9 Å². The summed E-state index contributed by atoms with van der Waals surface area (Å²) in [5.41, 5.74) is 2.64. The number of rotatable bonds is 5. The van der Waals surface area contributed by atoms with Gasteiger partial charge in [-0.05, 0) is 64.7 Å². The van der Waals surface area contributed by atoms with Crippen LogP contribution in [0.15, 0.2) is 90.5 Å². The number of carbonyl (C=O) groups is 3. The first kappa shape index (κ1) is 23.3. The lowest BCUT2D eigenvalue weighted by molar-refractivity contribution is -0.122. The highest BCUT2D eigenvalue weighted by Gasteiger charge is 2.36. The average Bonchev–Trinajstić information content (AvgIpc) is 2.86. The summed E-state index contributed by atoms with van der Waals surface area (Å²) in [6.45, 7) is 2.18. The summed E-state index contributed by atoms with van der Waals surface area (Å²) in [5, 5.41) is 4.79. The molecule has 0 unspecified atom stereocenters. The van der Waals surface area contributed by atoms with Crippen molar-refractivity contribution in [3.8, 4) is 5.75 Å².